The SMILES string of the molecule is Cc1cccc2sc(N(CCCn3ccnc3)C(=O)C3CCCCC3)nc12. The summed E-state index contributed by atoms with van der Waals surface area (Å²) in [7, 11) is 0. The van der Waals surface area contributed by atoms with E-state index in [4.69, 9.17) is 4.98 Å². The van der Waals surface area contributed by atoms with Gasteiger partial charge in [-0.3, -0.25) is 9.69 Å². The molecule has 6 heteroatoms. The van der Waals surface area contributed by atoms with Gasteiger partial charge in [0.15, 0.2) is 5.13 Å². The van der Waals surface area contributed by atoms with Crippen LogP contribution in [0.5, 0.6) is 0 Å². The van der Waals surface area contributed by atoms with E-state index in [1.165, 1.54) is 12.0 Å². The molecule has 0 atom stereocenters. The van der Waals surface area contributed by atoms with Crippen LogP contribution in [0, 0.1) is 12.8 Å². The van der Waals surface area contributed by atoms with Crippen LogP contribution in [-0.2, 0) is 11.3 Å². The maximum absolute atomic E-state index is 13.3. The van der Waals surface area contributed by atoms with Gasteiger partial charge in [-0.2, -0.15) is 0 Å². The van der Waals surface area contributed by atoms with E-state index in [1.54, 1.807) is 17.5 Å². The summed E-state index contributed by atoms with van der Waals surface area (Å²) in [5.41, 5.74) is 2.19. The first-order valence-electron chi connectivity index (χ1n) is 9.85. The number of amides is 1. The second-order valence-electron chi connectivity index (χ2n) is 7.40. The Bertz CT molecular complexity index is 896. The fourth-order valence-corrected chi connectivity index (χ4v) is 4.97. The van der Waals surface area contributed by atoms with E-state index < -0.39 is 0 Å². The highest BCUT2D eigenvalue weighted by molar-refractivity contribution is 7.22. The number of nitrogens with zero attached hydrogens (tertiary/aromatic N) is 4. The number of fused-ring (bicyclic) bond motifs is 1. The number of thiazole rings is 1. The van der Waals surface area contributed by atoms with E-state index in [-0.39, 0.29) is 11.8 Å². The Labute approximate surface area is 164 Å². The molecule has 0 aliphatic heterocycles. The topological polar surface area (TPSA) is 51.0 Å². The second kappa shape index (κ2) is 8.21. The number of hydrogen-bond donors (Lipinski definition) is 0. The highest BCUT2D eigenvalue weighted by atomic mass is 32.1. The summed E-state index contributed by atoms with van der Waals surface area (Å²) < 4.78 is 3.22. The molecule has 5 nitrogen and oxygen atoms in total. The molecule has 0 radical (unpaired) electrons. The zero-order valence-electron chi connectivity index (χ0n) is 15.8. The molecule has 4 rings (SSSR count). The second-order valence-corrected chi connectivity index (χ2v) is 8.41. The molecule has 0 bridgehead atoms. The first-order valence-corrected chi connectivity index (χ1v) is 10.7. The Morgan fingerprint density at radius 1 is 1.30 bits per heavy atom. The van der Waals surface area contributed by atoms with E-state index in [0.717, 1.165) is 54.0 Å². The molecule has 1 fully saturated rings. The van der Waals surface area contributed by atoms with Crippen molar-refractivity contribution in [2.24, 2.45) is 5.92 Å². The molecule has 1 aliphatic carbocycles. The fraction of sp³-hybridized carbons (Fsp3) is 0.476. The maximum atomic E-state index is 13.3. The number of imidazole rings is 1. The van der Waals surface area contributed by atoms with Gasteiger partial charge in [0.25, 0.3) is 0 Å². The summed E-state index contributed by atoms with van der Waals surface area (Å²) in [5, 5.41) is 0.848. The van der Waals surface area contributed by atoms with Crippen molar-refractivity contribution in [2.75, 3.05) is 11.4 Å². The standard InChI is InChI=1S/C21H26N4OS/c1-16-7-5-10-18-19(16)23-21(27-18)25(13-6-12-24-14-11-22-15-24)20(26)17-8-3-2-4-9-17/h5,7,10-11,14-15,17H,2-4,6,8-9,12-13H2,1H3. The molecule has 0 saturated heterocycles. The minimum atomic E-state index is 0.153. The van der Waals surface area contributed by atoms with Crippen molar-refractivity contribution in [3.8, 4) is 0 Å². The van der Waals surface area contributed by atoms with Gasteiger partial charge in [-0.05, 0) is 37.8 Å². The molecule has 0 unspecified atom stereocenters. The minimum Gasteiger partial charge on any atom is -0.337 e. The Morgan fingerprint density at radius 3 is 2.89 bits per heavy atom. The number of rotatable bonds is 6. The first-order chi connectivity index (χ1) is 13.2. The van der Waals surface area contributed by atoms with Gasteiger partial charge >= 0.3 is 0 Å². The lowest BCUT2D eigenvalue weighted by Crippen LogP contribution is -2.38. The van der Waals surface area contributed by atoms with Crippen molar-refractivity contribution >= 4 is 32.6 Å². The van der Waals surface area contributed by atoms with Gasteiger partial charge in [-0.1, -0.05) is 42.7 Å². The monoisotopic (exact) mass is 382 g/mol. The largest absolute Gasteiger partial charge is 0.337 e. The number of hydrogen-bond acceptors (Lipinski definition) is 4. The van der Waals surface area contributed by atoms with Crippen LogP contribution in [0.25, 0.3) is 10.2 Å². The van der Waals surface area contributed by atoms with E-state index in [2.05, 4.69) is 34.7 Å². The molecule has 1 aromatic carbocycles. The lowest BCUT2D eigenvalue weighted by Gasteiger charge is -2.27. The molecule has 0 N–H and O–H groups in total. The van der Waals surface area contributed by atoms with Crippen LogP contribution in [0.2, 0.25) is 0 Å². The molecule has 1 amide bonds. The van der Waals surface area contributed by atoms with E-state index in [9.17, 15) is 4.79 Å². The van der Waals surface area contributed by atoms with E-state index in [0.29, 0.717) is 6.54 Å². The van der Waals surface area contributed by atoms with E-state index >= 15 is 0 Å². The average molecular weight is 383 g/mol. The third kappa shape index (κ3) is 4.05. The lowest BCUT2D eigenvalue weighted by molar-refractivity contribution is -0.123. The van der Waals surface area contributed by atoms with Gasteiger partial charge in [-0.15, -0.1) is 0 Å². The number of para-hydroxylation sites is 1. The summed E-state index contributed by atoms with van der Waals surface area (Å²) in [6, 6.07) is 6.24. The molecule has 0 spiro atoms. The molecule has 1 saturated carbocycles. The number of benzene rings is 1. The van der Waals surface area contributed by atoms with Crippen LogP contribution < -0.4 is 4.90 Å². The van der Waals surface area contributed by atoms with Crippen LogP contribution in [-0.4, -0.2) is 27.0 Å². The normalized spacial score (nSPS) is 15.3. The molecule has 1 aliphatic rings. The lowest BCUT2D eigenvalue weighted by atomic mass is 9.88. The summed E-state index contributed by atoms with van der Waals surface area (Å²) in [4.78, 5) is 24.2. The number of carbonyl (C=O) groups excluding carboxylic acids is 1. The highest BCUT2D eigenvalue weighted by Gasteiger charge is 2.28. The van der Waals surface area contributed by atoms with Crippen LogP contribution >= 0.6 is 11.3 Å². The van der Waals surface area contributed by atoms with Gasteiger partial charge in [0, 0.05) is 31.4 Å². The molecule has 2 aromatic heterocycles. The quantitative estimate of drug-likeness (QED) is 0.615. The Morgan fingerprint density at radius 2 is 2.15 bits per heavy atom. The van der Waals surface area contributed by atoms with Crippen molar-refractivity contribution in [3.63, 3.8) is 0 Å². The third-order valence-corrected chi connectivity index (χ3v) is 6.46. The molecular formula is C21H26N4OS. The summed E-state index contributed by atoms with van der Waals surface area (Å²) in [5.74, 6) is 0.414. The molecule has 2 heterocycles. The van der Waals surface area contributed by atoms with Crippen LogP contribution in [0.3, 0.4) is 0 Å². The highest BCUT2D eigenvalue weighted by Crippen LogP contribution is 2.33. The average Bonchev–Trinajstić information content (AvgIpc) is 3.36. The Hall–Kier alpha value is -2.21. The molecule has 3 aromatic rings. The van der Waals surface area contributed by atoms with Gasteiger partial charge < -0.3 is 4.57 Å². The van der Waals surface area contributed by atoms with Gasteiger partial charge in [0.1, 0.15) is 0 Å². The van der Waals surface area contributed by atoms with Gasteiger partial charge in [-0.25, -0.2) is 9.97 Å². The number of anilines is 1. The summed E-state index contributed by atoms with van der Waals surface area (Å²) >= 11 is 1.63. The number of aromatic nitrogens is 3. The van der Waals surface area contributed by atoms with Crippen LogP contribution in [0.15, 0.2) is 36.9 Å². The van der Waals surface area contributed by atoms with Crippen molar-refractivity contribution < 1.29 is 4.79 Å². The van der Waals surface area contributed by atoms with Gasteiger partial charge in [0.2, 0.25) is 5.91 Å². The number of carbonyl (C=O) groups is 1. The predicted molar refractivity (Wildman–Crippen MR) is 110 cm³/mol. The third-order valence-electron chi connectivity index (χ3n) is 5.42. The number of aryl methyl sites for hydroxylation is 2. The minimum absolute atomic E-state index is 0.153. The van der Waals surface area contributed by atoms with Crippen LogP contribution in [0.1, 0.15) is 44.1 Å². The zero-order valence-corrected chi connectivity index (χ0v) is 16.6. The van der Waals surface area contributed by atoms with Crippen molar-refractivity contribution in [2.45, 2.75) is 52.0 Å². The first kappa shape index (κ1) is 18.2. The summed E-state index contributed by atoms with van der Waals surface area (Å²) in [6.07, 6.45) is 12.1. The summed E-state index contributed by atoms with van der Waals surface area (Å²) in [6.45, 7) is 3.64. The van der Waals surface area contributed by atoms with Crippen molar-refractivity contribution in [3.05, 3.63) is 42.5 Å². The van der Waals surface area contributed by atoms with E-state index in [1.807, 2.05) is 17.4 Å². The smallest absolute Gasteiger partial charge is 0.231 e. The maximum Gasteiger partial charge on any atom is 0.231 e. The van der Waals surface area contributed by atoms with Crippen molar-refractivity contribution in [1.29, 1.82) is 0 Å². The fourth-order valence-electron chi connectivity index (χ4n) is 3.89. The van der Waals surface area contributed by atoms with Crippen molar-refractivity contribution in [1.82, 2.24) is 14.5 Å². The predicted octanol–water partition coefficient (Wildman–Crippen LogP) is 4.80. The van der Waals surface area contributed by atoms with Crippen LogP contribution in [0.4, 0.5) is 5.13 Å². The zero-order chi connectivity index (χ0) is 18.6. The molecular weight excluding hydrogens is 356 g/mol. The van der Waals surface area contributed by atoms with Gasteiger partial charge in [0.05, 0.1) is 16.5 Å². The Kier molecular flexibility index (Phi) is 5.53. The Balaban J connectivity index is 1.57. The molecule has 142 valence electrons. The molecule has 27 heavy (non-hydrogen) atoms.